The highest BCUT2D eigenvalue weighted by atomic mass is 16.5. The molecule has 0 aliphatic heterocycles. The van der Waals surface area contributed by atoms with Gasteiger partial charge in [0, 0.05) is 6.42 Å². The maximum absolute atomic E-state index is 11.0. The number of unbranched alkanes of at least 4 members (excludes halogenated alkanes) is 4. The van der Waals surface area contributed by atoms with Crippen molar-refractivity contribution in [2.45, 2.75) is 83.0 Å². The van der Waals surface area contributed by atoms with Crippen LogP contribution in [0.15, 0.2) is 60.7 Å². The van der Waals surface area contributed by atoms with Gasteiger partial charge in [0.25, 0.3) is 0 Å². The van der Waals surface area contributed by atoms with Crippen molar-refractivity contribution in [2.24, 2.45) is 0 Å². The molecule has 0 spiro atoms. The molecule has 30 heavy (non-hydrogen) atoms. The van der Waals surface area contributed by atoms with Gasteiger partial charge >= 0.3 is 0 Å². The van der Waals surface area contributed by atoms with Gasteiger partial charge in [-0.1, -0.05) is 93.3 Å². The van der Waals surface area contributed by atoms with Crippen LogP contribution in [0.4, 0.5) is 0 Å². The third kappa shape index (κ3) is 7.21. The summed E-state index contributed by atoms with van der Waals surface area (Å²) in [5, 5.41) is 14.5. The van der Waals surface area contributed by atoms with Gasteiger partial charge in [0.1, 0.15) is 0 Å². The highest BCUT2D eigenvalue weighted by Gasteiger charge is 2.43. The van der Waals surface area contributed by atoms with Gasteiger partial charge in [-0.05, 0) is 24.1 Å². The lowest BCUT2D eigenvalue weighted by Gasteiger charge is -2.24. The Hall–Kier alpha value is -1.72. The molecule has 1 aliphatic carbocycles. The molecule has 2 aromatic carbocycles. The van der Waals surface area contributed by atoms with Gasteiger partial charge in [0.15, 0.2) is 0 Å². The number of hydrogen-bond donors (Lipinski definition) is 2. The summed E-state index contributed by atoms with van der Waals surface area (Å²) in [6.07, 6.45) is 6.05. The molecule has 0 saturated heterocycles. The lowest BCUT2D eigenvalue weighted by Crippen LogP contribution is -2.46. The molecular weight excluding hydrogens is 374 g/mol. The van der Waals surface area contributed by atoms with Crippen molar-refractivity contribution < 1.29 is 14.6 Å². The summed E-state index contributed by atoms with van der Waals surface area (Å²) in [5.74, 6) is 0. The third-order valence-electron chi connectivity index (χ3n) is 5.89. The van der Waals surface area contributed by atoms with Crippen LogP contribution in [0.5, 0.6) is 0 Å². The fourth-order valence-electron chi connectivity index (χ4n) is 4.11. The predicted molar refractivity (Wildman–Crippen MR) is 121 cm³/mol. The van der Waals surface area contributed by atoms with Crippen LogP contribution in [0.3, 0.4) is 0 Å². The van der Waals surface area contributed by atoms with Crippen molar-refractivity contribution in [3.8, 4) is 0 Å². The molecule has 1 saturated carbocycles. The smallest absolute Gasteiger partial charge is 0.0980 e. The molecule has 0 aromatic heterocycles. The quantitative estimate of drug-likeness (QED) is 0.463. The first-order valence-electron chi connectivity index (χ1n) is 11.5. The standard InChI is InChI=1S/C26H37NO3/c1-2-3-4-5-12-17-27-25-23(29-19-21-13-8-6-9-14-21)18-24(26(25)28)30-20-22-15-10-7-11-16-22/h6-11,13-16,23-28H,2-5,12,17-20H2,1H3/t23-,24+,25+,26+/m1/s1. The number of nitrogens with one attached hydrogen (secondary N) is 1. The van der Waals surface area contributed by atoms with Crippen molar-refractivity contribution >= 4 is 0 Å². The number of rotatable bonds is 13. The minimum absolute atomic E-state index is 0.0587. The highest BCUT2D eigenvalue weighted by Crippen LogP contribution is 2.28. The first kappa shape index (κ1) is 23.0. The summed E-state index contributed by atoms with van der Waals surface area (Å²) in [6, 6.07) is 20.3. The van der Waals surface area contributed by atoms with Crippen molar-refractivity contribution in [1.82, 2.24) is 5.32 Å². The second-order valence-corrected chi connectivity index (χ2v) is 8.29. The number of aliphatic hydroxyl groups excluding tert-OH is 1. The van der Waals surface area contributed by atoms with Crippen LogP contribution in [0.2, 0.25) is 0 Å². The molecule has 1 fully saturated rings. The van der Waals surface area contributed by atoms with Gasteiger partial charge in [0.05, 0.1) is 37.6 Å². The molecular formula is C26H37NO3. The average molecular weight is 412 g/mol. The normalized spacial score (nSPS) is 23.7. The molecule has 4 heteroatoms. The van der Waals surface area contributed by atoms with Gasteiger partial charge in [-0.25, -0.2) is 0 Å². The number of aliphatic hydroxyl groups is 1. The fourth-order valence-corrected chi connectivity index (χ4v) is 4.11. The first-order chi connectivity index (χ1) is 14.8. The zero-order chi connectivity index (χ0) is 21.0. The Labute approximate surface area is 181 Å². The van der Waals surface area contributed by atoms with Crippen LogP contribution < -0.4 is 5.32 Å². The van der Waals surface area contributed by atoms with Crippen LogP contribution in [0.1, 0.15) is 56.6 Å². The third-order valence-corrected chi connectivity index (χ3v) is 5.89. The van der Waals surface area contributed by atoms with Crippen LogP contribution in [0, 0.1) is 0 Å². The largest absolute Gasteiger partial charge is 0.389 e. The topological polar surface area (TPSA) is 50.7 Å². The molecule has 0 bridgehead atoms. The summed E-state index contributed by atoms with van der Waals surface area (Å²) in [7, 11) is 0. The minimum Gasteiger partial charge on any atom is -0.389 e. The molecule has 0 amide bonds. The lowest BCUT2D eigenvalue weighted by molar-refractivity contribution is -0.0344. The van der Waals surface area contributed by atoms with Gasteiger partial charge in [0.2, 0.25) is 0 Å². The number of hydrogen-bond acceptors (Lipinski definition) is 4. The van der Waals surface area contributed by atoms with E-state index in [9.17, 15) is 5.11 Å². The van der Waals surface area contributed by atoms with Gasteiger partial charge in [-0.15, -0.1) is 0 Å². The Morgan fingerprint density at radius 3 is 1.97 bits per heavy atom. The van der Waals surface area contributed by atoms with Crippen molar-refractivity contribution in [2.75, 3.05) is 6.54 Å². The van der Waals surface area contributed by atoms with Crippen molar-refractivity contribution in [3.05, 3.63) is 71.8 Å². The Kier molecular flexibility index (Phi) is 9.84. The van der Waals surface area contributed by atoms with E-state index in [1.54, 1.807) is 0 Å². The van der Waals surface area contributed by atoms with E-state index in [0.717, 1.165) is 24.1 Å². The van der Waals surface area contributed by atoms with Gasteiger partial charge < -0.3 is 19.9 Å². The Balaban J connectivity index is 1.53. The summed E-state index contributed by atoms with van der Waals surface area (Å²) in [5.41, 5.74) is 2.28. The van der Waals surface area contributed by atoms with Crippen molar-refractivity contribution in [1.29, 1.82) is 0 Å². The molecule has 2 aromatic rings. The maximum atomic E-state index is 11.0. The highest BCUT2D eigenvalue weighted by molar-refractivity contribution is 5.14. The molecule has 3 rings (SSSR count). The Bertz CT molecular complexity index is 694. The van der Waals surface area contributed by atoms with E-state index in [2.05, 4.69) is 36.5 Å². The Morgan fingerprint density at radius 2 is 1.37 bits per heavy atom. The van der Waals surface area contributed by atoms with E-state index >= 15 is 0 Å². The van der Waals surface area contributed by atoms with E-state index in [1.165, 1.54) is 25.7 Å². The summed E-state index contributed by atoms with van der Waals surface area (Å²) < 4.78 is 12.4. The van der Waals surface area contributed by atoms with E-state index in [-0.39, 0.29) is 18.2 Å². The van der Waals surface area contributed by atoms with Gasteiger partial charge in [-0.3, -0.25) is 0 Å². The van der Waals surface area contributed by atoms with E-state index in [1.807, 2.05) is 36.4 Å². The predicted octanol–water partition coefficient (Wildman–Crippen LogP) is 4.85. The molecule has 164 valence electrons. The van der Waals surface area contributed by atoms with E-state index in [4.69, 9.17) is 9.47 Å². The Morgan fingerprint density at radius 1 is 0.800 bits per heavy atom. The molecule has 0 unspecified atom stereocenters. The molecule has 0 radical (unpaired) electrons. The second-order valence-electron chi connectivity index (χ2n) is 8.29. The number of benzene rings is 2. The van der Waals surface area contributed by atoms with E-state index in [0.29, 0.717) is 19.6 Å². The average Bonchev–Trinajstić information content (AvgIpc) is 3.09. The van der Waals surface area contributed by atoms with Crippen LogP contribution in [-0.4, -0.2) is 36.0 Å². The fraction of sp³-hybridized carbons (Fsp3) is 0.538. The van der Waals surface area contributed by atoms with Crippen LogP contribution in [-0.2, 0) is 22.7 Å². The first-order valence-corrected chi connectivity index (χ1v) is 11.5. The SMILES string of the molecule is CCCCCCCN[C@@H]1[C@@H](O)[C@@H](OCc2ccccc2)C[C@H]1OCc1ccccc1. The zero-order valence-corrected chi connectivity index (χ0v) is 18.2. The maximum Gasteiger partial charge on any atom is 0.0980 e. The second kappa shape index (κ2) is 12.9. The summed E-state index contributed by atoms with van der Waals surface area (Å²) >= 11 is 0. The zero-order valence-electron chi connectivity index (χ0n) is 18.2. The molecule has 0 heterocycles. The summed E-state index contributed by atoms with van der Waals surface area (Å²) in [4.78, 5) is 0. The molecule has 4 atom stereocenters. The molecule has 4 nitrogen and oxygen atoms in total. The van der Waals surface area contributed by atoms with Crippen molar-refractivity contribution in [3.63, 3.8) is 0 Å². The van der Waals surface area contributed by atoms with Crippen LogP contribution >= 0.6 is 0 Å². The van der Waals surface area contributed by atoms with Crippen LogP contribution in [0.25, 0.3) is 0 Å². The monoisotopic (exact) mass is 411 g/mol. The molecule has 1 aliphatic rings. The lowest BCUT2D eigenvalue weighted by atomic mass is 10.1. The summed E-state index contributed by atoms with van der Waals surface area (Å²) in [6.45, 7) is 4.20. The van der Waals surface area contributed by atoms with Gasteiger partial charge in [-0.2, -0.15) is 0 Å². The number of ether oxygens (including phenoxy) is 2. The minimum atomic E-state index is -0.565. The van der Waals surface area contributed by atoms with E-state index < -0.39 is 6.10 Å². The molecule has 2 N–H and O–H groups in total.